The fraction of sp³-hybridized carbons (Fsp3) is 0.400. The first-order valence-electron chi connectivity index (χ1n) is 7.22. The topological polar surface area (TPSA) is 77.0 Å². The van der Waals surface area contributed by atoms with Crippen molar-refractivity contribution in [2.45, 2.75) is 32.4 Å². The summed E-state index contributed by atoms with van der Waals surface area (Å²) in [6.07, 6.45) is 3.62. The fourth-order valence-electron chi connectivity index (χ4n) is 2.76. The van der Waals surface area contributed by atoms with Gasteiger partial charge >= 0.3 is 0 Å². The number of amides is 1. The van der Waals surface area contributed by atoms with Gasteiger partial charge in [-0.1, -0.05) is 23.4 Å². The Morgan fingerprint density at radius 1 is 1.43 bits per heavy atom. The van der Waals surface area contributed by atoms with Crippen LogP contribution < -0.4 is 10.6 Å². The predicted octanol–water partition coefficient (Wildman–Crippen LogP) is 1.22. The van der Waals surface area contributed by atoms with Gasteiger partial charge in [-0.2, -0.15) is 0 Å². The van der Waals surface area contributed by atoms with Crippen LogP contribution in [0.1, 0.15) is 29.4 Å². The second-order valence-electron chi connectivity index (χ2n) is 5.35. The van der Waals surface area contributed by atoms with Crippen LogP contribution in [-0.4, -0.2) is 33.5 Å². The Bertz CT molecular complexity index is 651. The quantitative estimate of drug-likeness (QED) is 0.919. The Kier molecular flexibility index (Phi) is 3.70. The Morgan fingerprint density at radius 3 is 3.05 bits per heavy atom. The summed E-state index contributed by atoms with van der Waals surface area (Å²) >= 11 is 0. The standard InChI is InChI=1S/C15H19N5O/c1-11-6-7-12-4-2-3-5-14(12)20(11)15(21)13-10-19(9-8-16)18-17-13/h2-5,10-11H,6-9,16H2,1H3. The van der Waals surface area contributed by atoms with Gasteiger partial charge in [-0.25, -0.2) is 0 Å². The van der Waals surface area contributed by atoms with E-state index in [0.29, 0.717) is 18.8 Å². The summed E-state index contributed by atoms with van der Waals surface area (Å²) in [5, 5.41) is 7.93. The van der Waals surface area contributed by atoms with E-state index in [1.807, 2.05) is 23.1 Å². The molecule has 0 spiro atoms. The van der Waals surface area contributed by atoms with Gasteiger partial charge in [0.15, 0.2) is 5.69 Å². The monoisotopic (exact) mass is 285 g/mol. The number of para-hydroxylation sites is 1. The Labute approximate surface area is 123 Å². The van der Waals surface area contributed by atoms with Crippen molar-refractivity contribution in [1.29, 1.82) is 0 Å². The molecule has 1 aliphatic rings. The van der Waals surface area contributed by atoms with Crippen LogP contribution in [0.15, 0.2) is 30.5 Å². The van der Waals surface area contributed by atoms with E-state index in [9.17, 15) is 4.79 Å². The Balaban J connectivity index is 1.92. The van der Waals surface area contributed by atoms with E-state index in [4.69, 9.17) is 5.73 Å². The van der Waals surface area contributed by atoms with Crippen LogP contribution in [0, 0.1) is 0 Å². The number of fused-ring (bicyclic) bond motifs is 1. The number of carbonyl (C=O) groups is 1. The van der Waals surface area contributed by atoms with E-state index in [1.165, 1.54) is 5.56 Å². The van der Waals surface area contributed by atoms with Crippen LogP contribution in [0.5, 0.6) is 0 Å². The van der Waals surface area contributed by atoms with E-state index in [1.54, 1.807) is 10.9 Å². The van der Waals surface area contributed by atoms with Crippen molar-refractivity contribution in [2.24, 2.45) is 5.73 Å². The molecule has 0 aliphatic carbocycles. The first-order chi connectivity index (χ1) is 10.2. The first-order valence-corrected chi connectivity index (χ1v) is 7.22. The molecule has 0 bridgehead atoms. The van der Waals surface area contributed by atoms with Crippen molar-refractivity contribution in [2.75, 3.05) is 11.4 Å². The third-order valence-electron chi connectivity index (χ3n) is 3.86. The number of anilines is 1. The normalized spacial score (nSPS) is 17.6. The second kappa shape index (κ2) is 5.65. The molecule has 21 heavy (non-hydrogen) atoms. The minimum Gasteiger partial charge on any atom is -0.329 e. The number of hydrogen-bond acceptors (Lipinski definition) is 4. The number of aryl methyl sites for hydroxylation is 1. The van der Waals surface area contributed by atoms with Crippen molar-refractivity contribution < 1.29 is 4.79 Å². The Hall–Kier alpha value is -2.21. The van der Waals surface area contributed by atoms with Crippen molar-refractivity contribution >= 4 is 11.6 Å². The molecule has 1 aliphatic heterocycles. The third-order valence-corrected chi connectivity index (χ3v) is 3.86. The smallest absolute Gasteiger partial charge is 0.280 e. The van der Waals surface area contributed by atoms with Gasteiger partial charge < -0.3 is 10.6 Å². The lowest BCUT2D eigenvalue weighted by Gasteiger charge is -2.34. The fourth-order valence-corrected chi connectivity index (χ4v) is 2.76. The lowest BCUT2D eigenvalue weighted by Crippen LogP contribution is -2.42. The molecular weight excluding hydrogens is 266 g/mol. The van der Waals surface area contributed by atoms with Crippen LogP contribution in [0.4, 0.5) is 5.69 Å². The van der Waals surface area contributed by atoms with E-state index in [0.717, 1.165) is 18.5 Å². The van der Waals surface area contributed by atoms with Crippen LogP contribution in [-0.2, 0) is 13.0 Å². The summed E-state index contributed by atoms with van der Waals surface area (Å²) in [7, 11) is 0. The number of nitrogens with zero attached hydrogens (tertiary/aromatic N) is 4. The highest BCUT2D eigenvalue weighted by atomic mass is 16.2. The predicted molar refractivity (Wildman–Crippen MR) is 80.1 cm³/mol. The summed E-state index contributed by atoms with van der Waals surface area (Å²) in [6.45, 7) is 3.10. The van der Waals surface area contributed by atoms with Gasteiger partial charge in [-0.15, -0.1) is 5.10 Å². The molecule has 0 radical (unpaired) electrons. The molecule has 1 amide bonds. The number of hydrogen-bond donors (Lipinski definition) is 1. The van der Waals surface area contributed by atoms with Gasteiger partial charge in [0.25, 0.3) is 5.91 Å². The van der Waals surface area contributed by atoms with Crippen molar-refractivity contribution in [3.05, 3.63) is 41.7 Å². The molecule has 0 saturated carbocycles. The molecule has 2 heterocycles. The maximum atomic E-state index is 12.8. The van der Waals surface area contributed by atoms with Gasteiger partial charge in [0, 0.05) is 18.3 Å². The van der Waals surface area contributed by atoms with Crippen LogP contribution in [0.2, 0.25) is 0 Å². The van der Waals surface area contributed by atoms with Gasteiger partial charge in [-0.05, 0) is 31.4 Å². The number of nitrogens with two attached hydrogens (primary N) is 1. The Morgan fingerprint density at radius 2 is 2.24 bits per heavy atom. The zero-order valence-electron chi connectivity index (χ0n) is 12.1. The molecule has 0 fully saturated rings. The highest BCUT2D eigenvalue weighted by Gasteiger charge is 2.30. The molecule has 110 valence electrons. The van der Waals surface area contributed by atoms with Gasteiger partial charge in [0.2, 0.25) is 0 Å². The summed E-state index contributed by atoms with van der Waals surface area (Å²) in [5.74, 6) is -0.0991. The molecule has 0 saturated heterocycles. The van der Waals surface area contributed by atoms with Crippen molar-refractivity contribution in [3.8, 4) is 0 Å². The van der Waals surface area contributed by atoms with Gasteiger partial charge in [0.05, 0.1) is 12.7 Å². The molecular formula is C15H19N5O. The molecule has 6 heteroatoms. The van der Waals surface area contributed by atoms with Crippen LogP contribution >= 0.6 is 0 Å². The lowest BCUT2D eigenvalue weighted by molar-refractivity contribution is 0.0970. The van der Waals surface area contributed by atoms with Crippen LogP contribution in [0.3, 0.4) is 0 Å². The summed E-state index contributed by atoms with van der Waals surface area (Å²) in [5.41, 5.74) is 8.05. The summed E-state index contributed by atoms with van der Waals surface area (Å²) in [4.78, 5) is 14.6. The number of aromatic nitrogens is 3. The first kappa shape index (κ1) is 13.8. The zero-order valence-corrected chi connectivity index (χ0v) is 12.1. The molecule has 2 aromatic rings. The van der Waals surface area contributed by atoms with E-state index >= 15 is 0 Å². The molecule has 6 nitrogen and oxygen atoms in total. The molecule has 2 N–H and O–H groups in total. The summed E-state index contributed by atoms with van der Waals surface area (Å²) < 4.78 is 1.60. The van der Waals surface area contributed by atoms with Gasteiger partial charge in [-0.3, -0.25) is 9.48 Å². The minimum atomic E-state index is -0.0991. The lowest BCUT2D eigenvalue weighted by atomic mass is 9.96. The number of benzene rings is 1. The molecule has 1 aromatic heterocycles. The largest absolute Gasteiger partial charge is 0.329 e. The van der Waals surface area contributed by atoms with E-state index < -0.39 is 0 Å². The maximum Gasteiger partial charge on any atom is 0.280 e. The molecule has 1 unspecified atom stereocenters. The van der Waals surface area contributed by atoms with Crippen molar-refractivity contribution in [1.82, 2.24) is 15.0 Å². The highest BCUT2D eigenvalue weighted by Crippen LogP contribution is 2.31. The van der Waals surface area contributed by atoms with Crippen molar-refractivity contribution in [3.63, 3.8) is 0 Å². The second-order valence-corrected chi connectivity index (χ2v) is 5.35. The SMILES string of the molecule is CC1CCc2ccccc2N1C(=O)c1cn(CCN)nn1. The minimum absolute atomic E-state index is 0.0991. The van der Waals surface area contributed by atoms with E-state index in [2.05, 4.69) is 23.3 Å². The average molecular weight is 285 g/mol. The number of carbonyl (C=O) groups excluding carboxylic acids is 1. The number of rotatable bonds is 3. The van der Waals surface area contributed by atoms with E-state index in [-0.39, 0.29) is 11.9 Å². The highest BCUT2D eigenvalue weighted by molar-refractivity contribution is 6.05. The molecule has 3 rings (SSSR count). The zero-order chi connectivity index (χ0) is 14.8. The molecule has 1 aromatic carbocycles. The molecule has 1 atom stereocenters. The third kappa shape index (κ3) is 2.54. The average Bonchev–Trinajstić information content (AvgIpc) is 2.96. The summed E-state index contributed by atoms with van der Waals surface area (Å²) in [6, 6.07) is 8.20. The maximum absolute atomic E-state index is 12.8. The van der Waals surface area contributed by atoms with Crippen LogP contribution in [0.25, 0.3) is 0 Å². The van der Waals surface area contributed by atoms with Gasteiger partial charge in [0.1, 0.15) is 0 Å².